The Morgan fingerprint density at radius 3 is 3.06 bits per heavy atom. The molecule has 2 N–H and O–H groups in total. The first-order valence-electron chi connectivity index (χ1n) is 5.49. The highest BCUT2D eigenvalue weighted by Gasteiger charge is 2.16. The molecular formula is C11H14N4O2S. The lowest BCUT2D eigenvalue weighted by molar-refractivity contribution is -0.137. The highest BCUT2D eigenvalue weighted by molar-refractivity contribution is 7.10. The van der Waals surface area contributed by atoms with Gasteiger partial charge in [-0.25, -0.2) is 0 Å². The molecule has 2 heterocycles. The third kappa shape index (κ3) is 3.38. The van der Waals surface area contributed by atoms with Crippen LogP contribution in [0.25, 0.3) is 0 Å². The second-order valence-corrected chi connectivity index (χ2v) is 4.91. The van der Waals surface area contributed by atoms with Crippen LogP contribution in [0.15, 0.2) is 23.7 Å². The van der Waals surface area contributed by atoms with Crippen molar-refractivity contribution >= 4 is 17.3 Å². The maximum atomic E-state index is 10.9. The van der Waals surface area contributed by atoms with Crippen LogP contribution < -0.4 is 5.32 Å². The monoisotopic (exact) mass is 266 g/mol. The summed E-state index contributed by atoms with van der Waals surface area (Å²) in [5, 5.41) is 21.8. The Morgan fingerprint density at radius 2 is 2.50 bits per heavy atom. The predicted molar refractivity (Wildman–Crippen MR) is 67.2 cm³/mol. The molecule has 0 bridgehead atoms. The standard InChI is InChI=1S/C11H14N4O2S/c1-15-7-8(13-14-15)6-12-9(5-11(16)17)10-3-2-4-18-10/h2-4,7,9,12H,5-6H2,1H3,(H,16,17). The van der Waals surface area contributed by atoms with Crippen LogP contribution in [0.2, 0.25) is 0 Å². The maximum absolute atomic E-state index is 10.9. The molecule has 0 saturated heterocycles. The predicted octanol–water partition coefficient (Wildman–Crippen LogP) is 1.18. The number of nitrogens with zero attached hydrogens (tertiary/aromatic N) is 3. The lowest BCUT2D eigenvalue weighted by Gasteiger charge is -2.14. The van der Waals surface area contributed by atoms with Gasteiger partial charge in [-0.2, -0.15) is 0 Å². The third-order valence-electron chi connectivity index (χ3n) is 2.45. The quantitative estimate of drug-likeness (QED) is 0.820. The Bertz CT molecular complexity index is 509. The molecule has 18 heavy (non-hydrogen) atoms. The summed E-state index contributed by atoms with van der Waals surface area (Å²) in [6.07, 6.45) is 1.86. The average Bonchev–Trinajstić information content (AvgIpc) is 2.94. The molecule has 0 aliphatic rings. The van der Waals surface area contributed by atoms with E-state index < -0.39 is 5.97 Å². The number of rotatable bonds is 6. The Hall–Kier alpha value is -1.73. The second-order valence-electron chi connectivity index (χ2n) is 3.93. The summed E-state index contributed by atoms with van der Waals surface area (Å²) in [5.74, 6) is -0.819. The van der Waals surface area contributed by atoms with Crippen molar-refractivity contribution in [2.45, 2.75) is 19.0 Å². The van der Waals surface area contributed by atoms with E-state index >= 15 is 0 Å². The Kier molecular flexibility index (Phi) is 4.06. The van der Waals surface area contributed by atoms with E-state index in [1.54, 1.807) is 29.3 Å². The largest absolute Gasteiger partial charge is 0.481 e. The topological polar surface area (TPSA) is 80.0 Å². The van der Waals surface area contributed by atoms with Gasteiger partial charge in [0.05, 0.1) is 18.2 Å². The van der Waals surface area contributed by atoms with Crippen LogP contribution in [0.3, 0.4) is 0 Å². The van der Waals surface area contributed by atoms with Gasteiger partial charge in [-0.3, -0.25) is 9.48 Å². The average molecular weight is 266 g/mol. The zero-order chi connectivity index (χ0) is 13.0. The van der Waals surface area contributed by atoms with Gasteiger partial charge in [0.1, 0.15) is 0 Å². The highest BCUT2D eigenvalue weighted by atomic mass is 32.1. The Labute approximate surface area is 108 Å². The van der Waals surface area contributed by atoms with Crippen LogP contribution in [0.5, 0.6) is 0 Å². The number of hydrogen-bond acceptors (Lipinski definition) is 5. The Balaban J connectivity index is 1.99. The van der Waals surface area contributed by atoms with Crippen molar-refractivity contribution in [2.75, 3.05) is 0 Å². The fourth-order valence-corrected chi connectivity index (χ4v) is 2.44. The van der Waals surface area contributed by atoms with Gasteiger partial charge >= 0.3 is 5.97 Å². The van der Waals surface area contributed by atoms with E-state index in [9.17, 15) is 4.79 Å². The number of carbonyl (C=O) groups is 1. The summed E-state index contributed by atoms with van der Waals surface area (Å²) < 4.78 is 1.62. The molecule has 2 rings (SSSR count). The van der Waals surface area contributed by atoms with Gasteiger partial charge in [-0.05, 0) is 11.4 Å². The summed E-state index contributed by atoms with van der Waals surface area (Å²) in [4.78, 5) is 11.9. The van der Waals surface area contributed by atoms with E-state index in [1.807, 2.05) is 17.5 Å². The van der Waals surface area contributed by atoms with Gasteiger partial charge in [0.15, 0.2) is 0 Å². The summed E-state index contributed by atoms with van der Waals surface area (Å²) >= 11 is 1.55. The zero-order valence-corrected chi connectivity index (χ0v) is 10.7. The molecule has 96 valence electrons. The van der Waals surface area contributed by atoms with Crippen LogP contribution in [0, 0.1) is 0 Å². The molecule has 7 heteroatoms. The second kappa shape index (κ2) is 5.74. The SMILES string of the molecule is Cn1cc(CNC(CC(=O)O)c2cccs2)nn1. The van der Waals surface area contributed by atoms with Gasteiger partial charge < -0.3 is 10.4 Å². The number of thiophene rings is 1. The molecular weight excluding hydrogens is 252 g/mol. The minimum atomic E-state index is -0.819. The first-order chi connectivity index (χ1) is 8.65. The molecule has 0 amide bonds. The third-order valence-corrected chi connectivity index (χ3v) is 3.43. The van der Waals surface area contributed by atoms with E-state index in [1.165, 1.54) is 0 Å². The maximum Gasteiger partial charge on any atom is 0.305 e. The van der Waals surface area contributed by atoms with Crippen molar-refractivity contribution in [2.24, 2.45) is 7.05 Å². The number of hydrogen-bond donors (Lipinski definition) is 2. The smallest absolute Gasteiger partial charge is 0.305 e. The fraction of sp³-hybridized carbons (Fsp3) is 0.364. The van der Waals surface area contributed by atoms with Crippen LogP contribution in [-0.2, 0) is 18.4 Å². The minimum Gasteiger partial charge on any atom is -0.481 e. The number of carboxylic acids is 1. The molecule has 0 saturated carbocycles. The molecule has 0 radical (unpaired) electrons. The summed E-state index contributed by atoms with van der Waals surface area (Å²) in [5.41, 5.74) is 0.796. The molecule has 0 spiro atoms. The van der Waals surface area contributed by atoms with Crippen molar-refractivity contribution in [3.63, 3.8) is 0 Å². The van der Waals surface area contributed by atoms with E-state index in [-0.39, 0.29) is 12.5 Å². The van der Waals surface area contributed by atoms with Crippen molar-refractivity contribution in [1.29, 1.82) is 0 Å². The zero-order valence-electron chi connectivity index (χ0n) is 9.91. The van der Waals surface area contributed by atoms with Crippen molar-refractivity contribution in [1.82, 2.24) is 20.3 Å². The molecule has 1 unspecified atom stereocenters. The molecule has 0 aliphatic carbocycles. The number of aryl methyl sites for hydroxylation is 1. The lowest BCUT2D eigenvalue weighted by atomic mass is 10.1. The van der Waals surface area contributed by atoms with E-state index in [0.717, 1.165) is 10.6 Å². The van der Waals surface area contributed by atoms with E-state index in [4.69, 9.17) is 5.11 Å². The van der Waals surface area contributed by atoms with Gasteiger partial charge in [0, 0.05) is 24.7 Å². The molecule has 2 aromatic heterocycles. The van der Waals surface area contributed by atoms with Gasteiger partial charge in [0.2, 0.25) is 0 Å². The number of aliphatic carboxylic acids is 1. The van der Waals surface area contributed by atoms with Crippen molar-refractivity contribution in [3.05, 3.63) is 34.3 Å². The van der Waals surface area contributed by atoms with Crippen LogP contribution in [0.4, 0.5) is 0 Å². The molecule has 6 nitrogen and oxygen atoms in total. The van der Waals surface area contributed by atoms with E-state index in [2.05, 4.69) is 15.6 Å². The van der Waals surface area contributed by atoms with Gasteiger partial charge in [-0.15, -0.1) is 16.4 Å². The first-order valence-corrected chi connectivity index (χ1v) is 6.37. The highest BCUT2D eigenvalue weighted by Crippen LogP contribution is 2.22. The molecule has 2 aromatic rings. The summed E-state index contributed by atoms with van der Waals surface area (Å²) in [6, 6.07) is 3.66. The fourth-order valence-electron chi connectivity index (χ4n) is 1.64. The van der Waals surface area contributed by atoms with Gasteiger partial charge in [-0.1, -0.05) is 11.3 Å². The normalized spacial score (nSPS) is 12.5. The lowest BCUT2D eigenvalue weighted by Crippen LogP contribution is -2.23. The molecule has 0 aromatic carbocycles. The minimum absolute atomic E-state index is 0.0563. The van der Waals surface area contributed by atoms with Crippen LogP contribution >= 0.6 is 11.3 Å². The number of aromatic nitrogens is 3. The molecule has 1 atom stereocenters. The number of nitrogens with one attached hydrogen (secondary N) is 1. The first kappa shape index (κ1) is 12.7. The van der Waals surface area contributed by atoms with Gasteiger partial charge in [0.25, 0.3) is 0 Å². The van der Waals surface area contributed by atoms with E-state index in [0.29, 0.717) is 6.54 Å². The van der Waals surface area contributed by atoms with Crippen LogP contribution in [0.1, 0.15) is 23.0 Å². The van der Waals surface area contributed by atoms with Crippen molar-refractivity contribution < 1.29 is 9.90 Å². The summed E-state index contributed by atoms with van der Waals surface area (Å²) in [7, 11) is 1.80. The van der Waals surface area contributed by atoms with Crippen LogP contribution in [-0.4, -0.2) is 26.1 Å². The number of carboxylic acid groups (broad SMARTS) is 1. The molecule has 0 fully saturated rings. The Morgan fingerprint density at radius 1 is 1.67 bits per heavy atom. The summed E-state index contributed by atoms with van der Waals surface area (Å²) in [6.45, 7) is 0.504. The van der Waals surface area contributed by atoms with Crippen molar-refractivity contribution in [3.8, 4) is 0 Å². The molecule has 0 aliphatic heterocycles.